The van der Waals surface area contributed by atoms with E-state index < -0.39 is 0 Å². The summed E-state index contributed by atoms with van der Waals surface area (Å²) in [6.07, 6.45) is 1.51. The summed E-state index contributed by atoms with van der Waals surface area (Å²) >= 11 is 0. The van der Waals surface area contributed by atoms with E-state index in [-0.39, 0.29) is 12.4 Å². The fourth-order valence-electron chi connectivity index (χ4n) is 0.989. The zero-order valence-electron chi connectivity index (χ0n) is 5.65. The SMILES string of the molecule is Cl.[O-][n+]1cc2ccccc2[nH]1. The fraction of sp³-hybridized carbons (Fsp3) is 0. The molecule has 1 N–H and O–H groups in total. The van der Waals surface area contributed by atoms with Crippen LogP contribution < -0.4 is 4.85 Å². The van der Waals surface area contributed by atoms with Crippen LogP contribution >= 0.6 is 12.4 Å². The van der Waals surface area contributed by atoms with Gasteiger partial charge in [-0.25, -0.2) is 0 Å². The van der Waals surface area contributed by atoms with Crippen molar-refractivity contribution in [2.75, 3.05) is 0 Å². The van der Waals surface area contributed by atoms with Crippen LogP contribution in [0.3, 0.4) is 0 Å². The Kier molecular flexibility index (Phi) is 2.01. The van der Waals surface area contributed by atoms with Gasteiger partial charge in [0.1, 0.15) is 5.52 Å². The van der Waals surface area contributed by atoms with Gasteiger partial charge in [-0.1, -0.05) is 17.0 Å². The Morgan fingerprint density at radius 1 is 1.27 bits per heavy atom. The Morgan fingerprint density at radius 2 is 2.00 bits per heavy atom. The van der Waals surface area contributed by atoms with E-state index in [4.69, 9.17) is 0 Å². The molecule has 1 heterocycles. The van der Waals surface area contributed by atoms with Crippen LogP contribution in [0.2, 0.25) is 0 Å². The maximum absolute atomic E-state index is 10.6. The first-order valence-corrected chi connectivity index (χ1v) is 3.03. The number of para-hydroxylation sites is 1. The molecule has 0 aliphatic carbocycles. The molecule has 0 unspecified atom stereocenters. The predicted octanol–water partition coefficient (Wildman–Crippen LogP) is 1.22. The minimum absolute atomic E-state index is 0. The van der Waals surface area contributed by atoms with Gasteiger partial charge in [0, 0.05) is 0 Å². The lowest BCUT2D eigenvalue weighted by atomic mass is 10.3. The molecule has 0 spiro atoms. The van der Waals surface area contributed by atoms with E-state index in [1.54, 1.807) is 0 Å². The van der Waals surface area contributed by atoms with E-state index in [2.05, 4.69) is 5.10 Å². The third-order valence-electron chi connectivity index (χ3n) is 1.45. The highest BCUT2D eigenvalue weighted by Crippen LogP contribution is 2.06. The number of aromatic amines is 1. The summed E-state index contributed by atoms with van der Waals surface area (Å²) in [6, 6.07) is 7.54. The average molecular weight is 171 g/mol. The molecule has 0 radical (unpaired) electrons. The zero-order chi connectivity index (χ0) is 6.97. The summed E-state index contributed by atoms with van der Waals surface area (Å²) in [6.45, 7) is 0. The van der Waals surface area contributed by atoms with Crippen molar-refractivity contribution in [2.45, 2.75) is 0 Å². The standard InChI is InChI=1S/C7H6N2O.ClH/c10-9-5-6-3-1-2-4-7(6)8-9;/h1-5,8H;1H. The second kappa shape index (κ2) is 2.80. The van der Waals surface area contributed by atoms with Crippen molar-refractivity contribution in [3.8, 4) is 0 Å². The van der Waals surface area contributed by atoms with Gasteiger partial charge in [-0.15, -0.1) is 12.4 Å². The second-order valence-corrected chi connectivity index (χ2v) is 2.15. The first kappa shape index (κ1) is 7.88. The van der Waals surface area contributed by atoms with Crippen molar-refractivity contribution in [2.24, 2.45) is 0 Å². The largest absolute Gasteiger partial charge is 0.596 e. The van der Waals surface area contributed by atoms with Crippen molar-refractivity contribution in [3.63, 3.8) is 0 Å². The first-order valence-electron chi connectivity index (χ1n) is 3.03. The highest BCUT2D eigenvalue weighted by atomic mass is 35.5. The molecule has 11 heavy (non-hydrogen) atoms. The lowest BCUT2D eigenvalue weighted by Gasteiger charge is -1.81. The number of nitrogens with one attached hydrogen (secondary N) is 1. The molecule has 58 valence electrons. The van der Waals surface area contributed by atoms with Crippen molar-refractivity contribution in [1.29, 1.82) is 0 Å². The highest BCUT2D eigenvalue weighted by molar-refractivity contribution is 5.85. The number of rotatable bonds is 0. The van der Waals surface area contributed by atoms with Crippen molar-refractivity contribution in [3.05, 3.63) is 35.7 Å². The molecular weight excluding hydrogens is 164 g/mol. The molecule has 2 aromatic rings. The number of hydrogen-bond donors (Lipinski definition) is 1. The topological polar surface area (TPSA) is 42.7 Å². The van der Waals surface area contributed by atoms with Gasteiger partial charge in [0.25, 0.3) is 0 Å². The van der Waals surface area contributed by atoms with E-state index in [0.717, 1.165) is 10.9 Å². The van der Waals surface area contributed by atoms with Gasteiger partial charge < -0.3 is 5.21 Å². The molecule has 0 fully saturated rings. The predicted molar refractivity (Wildman–Crippen MR) is 44.5 cm³/mol. The van der Waals surface area contributed by atoms with E-state index in [1.165, 1.54) is 6.20 Å². The molecule has 1 aromatic heterocycles. The molecule has 2 rings (SSSR count). The van der Waals surface area contributed by atoms with Gasteiger partial charge in [0.2, 0.25) is 6.20 Å². The average Bonchev–Trinajstić information content (AvgIpc) is 2.27. The van der Waals surface area contributed by atoms with Crippen LogP contribution in [0.1, 0.15) is 0 Å². The van der Waals surface area contributed by atoms with E-state index in [0.29, 0.717) is 4.85 Å². The Hall–Kier alpha value is -1.22. The highest BCUT2D eigenvalue weighted by Gasteiger charge is 1.97. The van der Waals surface area contributed by atoms with Gasteiger partial charge in [-0.2, -0.15) is 5.10 Å². The number of benzene rings is 1. The molecular formula is C7H7ClN2O. The summed E-state index contributed by atoms with van der Waals surface area (Å²) in [5, 5.41) is 14.2. The summed E-state index contributed by atoms with van der Waals surface area (Å²) in [5.41, 5.74) is 0.873. The smallest absolute Gasteiger partial charge is 0.216 e. The van der Waals surface area contributed by atoms with E-state index >= 15 is 0 Å². The van der Waals surface area contributed by atoms with E-state index in [1.807, 2.05) is 24.3 Å². The third-order valence-corrected chi connectivity index (χ3v) is 1.45. The van der Waals surface area contributed by atoms with Crippen LogP contribution in [-0.4, -0.2) is 5.10 Å². The molecule has 0 saturated carbocycles. The number of hydrogen-bond acceptors (Lipinski definition) is 1. The van der Waals surface area contributed by atoms with Crippen LogP contribution in [0, 0.1) is 5.21 Å². The molecule has 4 heteroatoms. The molecule has 0 saturated heterocycles. The lowest BCUT2D eigenvalue weighted by Crippen LogP contribution is -2.25. The molecule has 3 nitrogen and oxygen atoms in total. The number of halogens is 1. The zero-order valence-corrected chi connectivity index (χ0v) is 6.47. The number of nitrogens with zero attached hydrogens (tertiary/aromatic N) is 1. The van der Waals surface area contributed by atoms with Crippen molar-refractivity contribution >= 4 is 23.3 Å². The monoisotopic (exact) mass is 170 g/mol. The number of H-pyrrole nitrogens is 1. The summed E-state index contributed by atoms with van der Waals surface area (Å²) in [4.78, 5) is 0.699. The summed E-state index contributed by atoms with van der Waals surface area (Å²) in [5.74, 6) is 0. The van der Waals surface area contributed by atoms with E-state index in [9.17, 15) is 5.21 Å². The quantitative estimate of drug-likeness (QED) is 0.469. The van der Waals surface area contributed by atoms with Gasteiger partial charge in [-0.3, -0.25) is 0 Å². The molecule has 0 amide bonds. The van der Waals surface area contributed by atoms with Crippen LogP contribution in [0.15, 0.2) is 30.5 Å². The van der Waals surface area contributed by atoms with Crippen LogP contribution in [-0.2, 0) is 0 Å². The van der Waals surface area contributed by atoms with Crippen LogP contribution in [0.4, 0.5) is 0 Å². The minimum Gasteiger partial charge on any atom is -0.596 e. The van der Waals surface area contributed by atoms with Gasteiger partial charge in [0.15, 0.2) is 0 Å². The lowest BCUT2D eigenvalue weighted by molar-refractivity contribution is -0.662. The first-order chi connectivity index (χ1) is 4.86. The summed E-state index contributed by atoms with van der Waals surface area (Å²) in [7, 11) is 0. The maximum atomic E-state index is 10.6. The van der Waals surface area contributed by atoms with Crippen LogP contribution in [0.25, 0.3) is 10.9 Å². The fourth-order valence-corrected chi connectivity index (χ4v) is 0.989. The van der Waals surface area contributed by atoms with Gasteiger partial charge in [-0.05, 0) is 12.1 Å². The minimum atomic E-state index is 0. The van der Waals surface area contributed by atoms with Crippen LogP contribution in [0.5, 0.6) is 0 Å². The number of fused-ring (bicyclic) bond motifs is 1. The second-order valence-electron chi connectivity index (χ2n) is 2.15. The number of aromatic nitrogens is 2. The Morgan fingerprint density at radius 3 is 2.73 bits per heavy atom. The maximum Gasteiger partial charge on any atom is 0.216 e. The Labute approximate surface area is 69.6 Å². The normalized spacial score (nSPS) is 9.45. The third kappa shape index (κ3) is 1.28. The Bertz CT molecular complexity index is 325. The molecule has 1 aromatic carbocycles. The van der Waals surface area contributed by atoms with Gasteiger partial charge >= 0.3 is 0 Å². The molecule has 0 bridgehead atoms. The molecule has 0 atom stereocenters. The molecule has 0 aliphatic rings. The van der Waals surface area contributed by atoms with Crippen molar-refractivity contribution < 1.29 is 4.85 Å². The Balaban J connectivity index is 0.000000605. The van der Waals surface area contributed by atoms with Crippen molar-refractivity contribution in [1.82, 2.24) is 5.10 Å². The van der Waals surface area contributed by atoms with Gasteiger partial charge in [0.05, 0.1) is 5.39 Å². The summed E-state index contributed by atoms with van der Waals surface area (Å²) < 4.78 is 0. The molecule has 0 aliphatic heterocycles.